The minimum atomic E-state index is -4.59. The maximum Gasteiger partial charge on any atom is 0.418 e. The molecular formula is C20H21F3N2O2. The molecular weight excluding hydrogens is 357 g/mol. The number of rotatable bonds is 5. The van der Waals surface area contributed by atoms with Gasteiger partial charge >= 0.3 is 6.18 Å². The number of anilines is 2. The first-order valence-corrected chi connectivity index (χ1v) is 8.44. The lowest BCUT2D eigenvalue weighted by molar-refractivity contribution is -0.137. The first kappa shape index (κ1) is 20.5. The topological polar surface area (TPSA) is 49.4 Å². The van der Waals surface area contributed by atoms with Crippen LogP contribution in [0.15, 0.2) is 48.5 Å². The molecule has 2 rings (SSSR count). The number of carbonyl (C=O) groups is 2. The van der Waals surface area contributed by atoms with E-state index in [-0.39, 0.29) is 24.1 Å². The minimum absolute atomic E-state index is 0.108. The molecule has 0 bridgehead atoms. The Morgan fingerprint density at radius 3 is 2.22 bits per heavy atom. The highest BCUT2D eigenvalue weighted by Gasteiger charge is 2.33. The van der Waals surface area contributed by atoms with E-state index in [0.29, 0.717) is 5.69 Å². The zero-order valence-electron chi connectivity index (χ0n) is 15.3. The zero-order chi connectivity index (χ0) is 20.2. The summed E-state index contributed by atoms with van der Waals surface area (Å²) in [6, 6.07) is 11.9. The number of carbonyl (C=O) groups excluding carboxylic acids is 2. The second-order valence-corrected chi connectivity index (χ2v) is 6.41. The van der Waals surface area contributed by atoms with Gasteiger partial charge < -0.3 is 10.2 Å². The Labute approximate surface area is 156 Å². The monoisotopic (exact) mass is 378 g/mol. The van der Waals surface area contributed by atoms with Gasteiger partial charge in [0.2, 0.25) is 11.8 Å². The predicted octanol–water partition coefficient (Wildman–Crippen LogP) is 4.82. The van der Waals surface area contributed by atoms with Crippen molar-refractivity contribution in [1.29, 1.82) is 0 Å². The van der Waals surface area contributed by atoms with Gasteiger partial charge in [0.15, 0.2) is 0 Å². The fourth-order valence-electron chi connectivity index (χ4n) is 2.76. The van der Waals surface area contributed by atoms with Crippen LogP contribution >= 0.6 is 0 Å². The van der Waals surface area contributed by atoms with E-state index in [4.69, 9.17) is 0 Å². The summed E-state index contributed by atoms with van der Waals surface area (Å²) < 4.78 is 39.2. The van der Waals surface area contributed by atoms with Gasteiger partial charge in [0.1, 0.15) is 6.54 Å². The molecule has 2 aromatic rings. The zero-order valence-corrected chi connectivity index (χ0v) is 15.3. The van der Waals surface area contributed by atoms with Crippen LogP contribution in [0.2, 0.25) is 0 Å². The molecule has 0 saturated heterocycles. The molecule has 2 aromatic carbocycles. The average molecular weight is 378 g/mol. The number of nitrogens with one attached hydrogen (secondary N) is 1. The SMILES string of the molecule is CC(=O)N(CC(=O)Nc1ccccc1C(F)(F)F)c1ccccc1C(C)C. The summed E-state index contributed by atoms with van der Waals surface area (Å²) in [4.78, 5) is 25.8. The van der Waals surface area contributed by atoms with E-state index in [1.54, 1.807) is 12.1 Å². The van der Waals surface area contributed by atoms with Crippen LogP contribution in [0.5, 0.6) is 0 Å². The van der Waals surface area contributed by atoms with Crippen LogP contribution in [0.1, 0.15) is 37.8 Å². The van der Waals surface area contributed by atoms with Gasteiger partial charge in [-0.2, -0.15) is 13.2 Å². The molecule has 0 saturated carbocycles. The van der Waals surface area contributed by atoms with Crippen LogP contribution < -0.4 is 10.2 Å². The van der Waals surface area contributed by atoms with Crippen molar-refractivity contribution >= 4 is 23.2 Å². The number of hydrogen-bond acceptors (Lipinski definition) is 2. The lowest BCUT2D eigenvalue weighted by atomic mass is 10.0. The molecule has 2 amide bonds. The molecule has 0 heterocycles. The van der Waals surface area contributed by atoms with Crippen LogP contribution in [-0.4, -0.2) is 18.4 Å². The molecule has 1 N–H and O–H groups in total. The number of benzene rings is 2. The molecule has 0 aromatic heterocycles. The summed E-state index contributed by atoms with van der Waals surface area (Å²) in [5.41, 5.74) is 0.168. The summed E-state index contributed by atoms with van der Waals surface area (Å²) in [6.07, 6.45) is -4.59. The second kappa shape index (κ2) is 8.24. The van der Waals surface area contributed by atoms with Crippen molar-refractivity contribution in [2.45, 2.75) is 32.9 Å². The standard InChI is InChI=1S/C20H21F3N2O2/c1-13(2)15-8-4-7-11-18(15)25(14(3)26)12-19(27)24-17-10-6-5-9-16(17)20(21,22)23/h4-11,13H,12H2,1-3H3,(H,24,27). The van der Waals surface area contributed by atoms with Gasteiger partial charge in [-0.15, -0.1) is 0 Å². The van der Waals surface area contributed by atoms with Crippen molar-refractivity contribution in [1.82, 2.24) is 0 Å². The smallest absolute Gasteiger partial charge is 0.324 e. The van der Waals surface area contributed by atoms with Gasteiger partial charge in [-0.25, -0.2) is 0 Å². The highest BCUT2D eigenvalue weighted by molar-refractivity contribution is 6.02. The van der Waals surface area contributed by atoms with E-state index in [1.165, 1.54) is 30.0 Å². The van der Waals surface area contributed by atoms with Gasteiger partial charge in [0, 0.05) is 12.6 Å². The molecule has 27 heavy (non-hydrogen) atoms. The molecule has 0 spiro atoms. The van der Waals surface area contributed by atoms with Crippen molar-refractivity contribution in [2.75, 3.05) is 16.8 Å². The van der Waals surface area contributed by atoms with Crippen molar-refractivity contribution in [2.24, 2.45) is 0 Å². The number of para-hydroxylation sites is 2. The third-order valence-electron chi connectivity index (χ3n) is 4.04. The summed E-state index contributed by atoms with van der Waals surface area (Å²) in [7, 11) is 0. The van der Waals surface area contributed by atoms with Crippen molar-refractivity contribution in [3.63, 3.8) is 0 Å². The lowest BCUT2D eigenvalue weighted by Gasteiger charge is -2.25. The maximum atomic E-state index is 13.1. The minimum Gasteiger partial charge on any atom is -0.324 e. The molecule has 0 aliphatic heterocycles. The number of hydrogen-bond donors (Lipinski definition) is 1. The molecule has 7 heteroatoms. The summed E-state index contributed by atoms with van der Waals surface area (Å²) in [5.74, 6) is -0.972. The molecule has 0 aliphatic rings. The van der Waals surface area contributed by atoms with Crippen molar-refractivity contribution < 1.29 is 22.8 Å². The van der Waals surface area contributed by atoms with Gasteiger partial charge in [-0.1, -0.05) is 44.2 Å². The highest BCUT2D eigenvalue weighted by Crippen LogP contribution is 2.34. The summed E-state index contributed by atoms with van der Waals surface area (Å²) in [6.45, 7) is 4.84. The third kappa shape index (κ3) is 5.09. The van der Waals surface area contributed by atoms with Crippen LogP contribution in [0, 0.1) is 0 Å². The van der Waals surface area contributed by atoms with Crippen LogP contribution in [0.4, 0.5) is 24.5 Å². The Balaban J connectivity index is 2.27. The highest BCUT2D eigenvalue weighted by atomic mass is 19.4. The van der Waals surface area contributed by atoms with E-state index in [1.807, 2.05) is 26.0 Å². The predicted molar refractivity (Wildman–Crippen MR) is 98.6 cm³/mol. The quantitative estimate of drug-likeness (QED) is 0.811. The van der Waals surface area contributed by atoms with E-state index in [2.05, 4.69) is 5.32 Å². The average Bonchev–Trinajstić information content (AvgIpc) is 2.59. The van der Waals surface area contributed by atoms with E-state index in [0.717, 1.165) is 11.6 Å². The molecule has 0 aliphatic carbocycles. The third-order valence-corrected chi connectivity index (χ3v) is 4.04. The first-order chi connectivity index (χ1) is 12.6. The largest absolute Gasteiger partial charge is 0.418 e. The van der Waals surface area contributed by atoms with Gasteiger partial charge in [-0.3, -0.25) is 9.59 Å². The van der Waals surface area contributed by atoms with Gasteiger partial charge in [0.25, 0.3) is 0 Å². The Kier molecular flexibility index (Phi) is 6.25. The van der Waals surface area contributed by atoms with Crippen LogP contribution in [0.3, 0.4) is 0 Å². The lowest BCUT2D eigenvalue weighted by Crippen LogP contribution is -2.37. The summed E-state index contributed by atoms with van der Waals surface area (Å²) in [5, 5.41) is 2.27. The van der Waals surface area contributed by atoms with E-state index in [9.17, 15) is 22.8 Å². The number of nitrogens with zero attached hydrogens (tertiary/aromatic N) is 1. The van der Waals surface area contributed by atoms with Crippen LogP contribution in [-0.2, 0) is 15.8 Å². The number of alkyl halides is 3. The fraction of sp³-hybridized carbons (Fsp3) is 0.300. The molecule has 4 nitrogen and oxygen atoms in total. The molecule has 144 valence electrons. The van der Waals surface area contributed by atoms with Crippen molar-refractivity contribution in [3.8, 4) is 0 Å². The van der Waals surface area contributed by atoms with Crippen LogP contribution in [0.25, 0.3) is 0 Å². The van der Waals surface area contributed by atoms with Crippen molar-refractivity contribution in [3.05, 3.63) is 59.7 Å². The summed E-state index contributed by atoms with van der Waals surface area (Å²) >= 11 is 0. The van der Waals surface area contributed by atoms with E-state index < -0.39 is 17.6 Å². The Bertz CT molecular complexity index is 832. The maximum absolute atomic E-state index is 13.1. The molecule has 0 atom stereocenters. The Hall–Kier alpha value is -2.83. The molecule has 0 fully saturated rings. The normalized spacial score (nSPS) is 11.4. The van der Waals surface area contributed by atoms with Gasteiger partial charge in [-0.05, 0) is 29.7 Å². The molecule has 0 radical (unpaired) electrons. The Morgan fingerprint density at radius 1 is 1.04 bits per heavy atom. The second-order valence-electron chi connectivity index (χ2n) is 6.41. The number of halogens is 3. The first-order valence-electron chi connectivity index (χ1n) is 8.44. The van der Waals surface area contributed by atoms with Gasteiger partial charge in [0.05, 0.1) is 11.3 Å². The fourth-order valence-corrected chi connectivity index (χ4v) is 2.76. The number of amides is 2. The molecule has 0 unspecified atom stereocenters. The van der Waals surface area contributed by atoms with E-state index >= 15 is 0 Å². The Morgan fingerprint density at radius 2 is 1.63 bits per heavy atom.